The molecule has 6 heteroatoms. The highest BCUT2D eigenvalue weighted by molar-refractivity contribution is 6.17. The topological polar surface area (TPSA) is 70.8 Å². The standard InChI is InChI=1S/C31H26N2O4/c1-4-15-32-24-13-9-8-12-23(24)31(30(32)36)26-27(34)22-17-19(2)20(3)18-25(22)37-28(26)29(35)33(31)16-14-21-10-6-5-7-11-21/h4-13,17-18H,1,14-16H2,2-3H3. The Morgan fingerprint density at radius 2 is 1.65 bits per heavy atom. The molecule has 3 aromatic carbocycles. The molecular formula is C31H26N2O4. The monoisotopic (exact) mass is 490 g/mol. The Labute approximate surface area is 214 Å². The van der Waals surface area contributed by atoms with Gasteiger partial charge in [0.05, 0.1) is 16.6 Å². The fourth-order valence-corrected chi connectivity index (χ4v) is 5.74. The molecule has 1 aromatic heterocycles. The van der Waals surface area contributed by atoms with E-state index in [2.05, 4.69) is 6.58 Å². The fourth-order valence-electron chi connectivity index (χ4n) is 5.74. The zero-order valence-electron chi connectivity index (χ0n) is 20.8. The van der Waals surface area contributed by atoms with Crippen molar-refractivity contribution >= 4 is 28.5 Å². The van der Waals surface area contributed by atoms with Gasteiger partial charge in [-0.2, -0.15) is 0 Å². The summed E-state index contributed by atoms with van der Waals surface area (Å²) >= 11 is 0. The van der Waals surface area contributed by atoms with Gasteiger partial charge in [0, 0.05) is 18.7 Å². The van der Waals surface area contributed by atoms with Crippen LogP contribution in [0.4, 0.5) is 5.69 Å². The van der Waals surface area contributed by atoms with E-state index in [-0.39, 0.29) is 35.7 Å². The van der Waals surface area contributed by atoms with Gasteiger partial charge in [0.1, 0.15) is 5.58 Å². The van der Waals surface area contributed by atoms with Crippen LogP contribution < -0.4 is 10.3 Å². The number of aryl methyl sites for hydroxylation is 2. The van der Waals surface area contributed by atoms with Crippen LogP contribution in [0.1, 0.15) is 38.4 Å². The maximum absolute atomic E-state index is 14.4. The van der Waals surface area contributed by atoms with Crippen molar-refractivity contribution in [3.63, 3.8) is 0 Å². The molecule has 6 rings (SSSR count). The number of para-hydroxylation sites is 1. The van der Waals surface area contributed by atoms with Crippen LogP contribution in [0.2, 0.25) is 0 Å². The van der Waals surface area contributed by atoms with Gasteiger partial charge in [-0.05, 0) is 55.2 Å². The summed E-state index contributed by atoms with van der Waals surface area (Å²) < 4.78 is 6.18. The summed E-state index contributed by atoms with van der Waals surface area (Å²) in [6, 6.07) is 20.7. The molecule has 1 unspecified atom stereocenters. The van der Waals surface area contributed by atoms with Crippen molar-refractivity contribution < 1.29 is 14.0 Å². The number of carbonyl (C=O) groups excluding carboxylic acids is 2. The second-order valence-electron chi connectivity index (χ2n) is 9.69. The minimum atomic E-state index is -1.60. The van der Waals surface area contributed by atoms with Gasteiger partial charge in [0.15, 0.2) is 11.0 Å². The molecular weight excluding hydrogens is 464 g/mol. The fraction of sp³-hybridized carbons (Fsp3) is 0.194. The molecule has 37 heavy (non-hydrogen) atoms. The number of benzene rings is 3. The molecule has 0 fully saturated rings. The van der Waals surface area contributed by atoms with Crippen LogP contribution in [0.5, 0.6) is 0 Å². The third-order valence-electron chi connectivity index (χ3n) is 7.63. The van der Waals surface area contributed by atoms with Crippen LogP contribution in [0, 0.1) is 13.8 Å². The predicted octanol–water partition coefficient (Wildman–Crippen LogP) is 4.88. The van der Waals surface area contributed by atoms with Crippen molar-refractivity contribution in [1.82, 2.24) is 4.90 Å². The average Bonchev–Trinajstić information content (AvgIpc) is 3.29. The molecule has 0 bridgehead atoms. The Morgan fingerprint density at radius 3 is 2.41 bits per heavy atom. The SMILES string of the molecule is C=CCN1C(=O)C2(c3ccccc31)c1c(oc3cc(C)c(C)cc3c1=O)C(=O)N2CCc1ccccc1. The minimum absolute atomic E-state index is 0.0579. The number of fused-ring (bicyclic) bond motifs is 5. The van der Waals surface area contributed by atoms with Gasteiger partial charge in [-0.1, -0.05) is 54.6 Å². The molecule has 1 atom stereocenters. The van der Waals surface area contributed by atoms with E-state index in [1.165, 1.54) is 0 Å². The van der Waals surface area contributed by atoms with Gasteiger partial charge in [0.25, 0.3) is 11.8 Å². The highest BCUT2D eigenvalue weighted by Crippen LogP contribution is 2.52. The number of carbonyl (C=O) groups is 2. The number of hydrogen-bond acceptors (Lipinski definition) is 4. The molecule has 3 heterocycles. The third-order valence-corrected chi connectivity index (χ3v) is 7.63. The van der Waals surface area contributed by atoms with E-state index < -0.39 is 11.4 Å². The van der Waals surface area contributed by atoms with Crippen molar-refractivity contribution in [2.24, 2.45) is 0 Å². The maximum atomic E-state index is 14.4. The molecule has 0 aliphatic carbocycles. The summed E-state index contributed by atoms with van der Waals surface area (Å²) in [6.45, 7) is 8.18. The first-order valence-electron chi connectivity index (χ1n) is 12.4. The Morgan fingerprint density at radius 1 is 0.946 bits per heavy atom. The van der Waals surface area contributed by atoms with E-state index >= 15 is 0 Å². The molecule has 6 nitrogen and oxygen atoms in total. The maximum Gasteiger partial charge on any atom is 0.291 e. The first kappa shape index (κ1) is 23.0. The second kappa shape index (κ2) is 8.30. The quantitative estimate of drug-likeness (QED) is 0.374. The van der Waals surface area contributed by atoms with Crippen molar-refractivity contribution in [2.45, 2.75) is 25.8 Å². The van der Waals surface area contributed by atoms with Crippen LogP contribution in [0.15, 0.2) is 88.6 Å². The molecule has 0 saturated heterocycles. The largest absolute Gasteiger partial charge is 0.450 e. The summed E-state index contributed by atoms with van der Waals surface area (Å²) in [5.41, 5.74) is 2.69. The van der Waals surface area contributed by atoms with Crippen LogP contribution in [-0.4, -0.2) is 29.8 Å². The summed E-state index contributed by atoms with van der Waals surface area (Å²) in [7, 11) is 0. The molecule has 2 aliphatic rings. The Hall–Kier alpha value is -4.45. The molecule has 1 spiro atoms. The van der Waals surface area contributed by atoms with E-state index in [0.29, 0.717) is 28.6 Å². The van der Waals surface area contributed by atoms with Crippen molar-refractivity contribution in [3.05, 3.63) is 123 Å². The predicted molar refractivity (Wildman–Crippen MR) is 143 cm³/mol. The summed E-state index contributed by atoms with van der Waals surface area (Å²) in [5.74, 6) is -0.853. The van der Waals surface area contributed by atoms with Crippen LogP contribution in [0.3, 0.4) is 0 Å². The number of nitrogens with zero attached hydrogens (tertiary/aromatic N) is 2. The lowest BCUT2D eigenvalue weighted by Crippen LogP contribution is -2.54. The number of hydrogen-bond donors (Lipinski definition) is 0. The Balaban J connectivity index is 1.66. The molecule has 0 radical (unpaired) electrons. The number of anilines is 1. The third kappa shape index (κ3) is 3.08. The summed E-state index contributed by atoms with van der Waals surface area (Å²) in [5, 5.41) is 0.367. The Kier molecular flexibility index (Phi) is 5.16. The summed E-state index contributed by atoms with van der Waals surface area (Å²) in [4.78, 5) is 45.8. The van der Waals surface area contributed by atoms with Crippen LogP contribution in [-0.2, 0) is 16.8 Å². The van der Waals surface area contributed by atoms with Gasteiger partial charge in [0.2, 0.25) is 5.76 Å². The van der Waals surface area contributed by atoms with E-state index in [4.69, 9.17) is 4.42 Å². The van der Waals surface area contributed by atoms with Gasteiger partial charge in [-0.15, -0.1) is 6.58 Å². The molecule has 0 saturated carbocycles. The molecule has 2 aliphatic heterocycles. The van der Waals surface area contributed by atoms with Gasteiger partial charge >= 0.3 is 0 Å². The van der Waals surface area contributed by atoms with Gasteiger partial charge < -0.3 is 14.2 Å². The van der Waals surface area contributed by atoms with E-state index in [1.807, 2.05) is 68.4 Å². The number of amides is 2. The molecule has 2 amide bonds. The van der Waals surface area contributed by atoms with Crippen molar-refractivity contribution in [2.75, 3.05) is 18.0 Å². The number of rotatable bonds is 5. The summed E-state index contributed by atoms with van der Waals surface area (Å²) in [6.07, 6.45) is 2.17. The lowest BCUT2D eigenvalue weighted by Gasteiger charge is -2.34. The van der Waals surface area contributed by atoms with Gasteiger partial charge in [-0.25, -0.2) is 0 Å². The highest BCUT2D eigenvalue weighted by atomic mass is 16.3. The van der Waals surface area contributed by atoms with Crippen molar-refractivity contribution in [1.29, 1.82) is 0 Å². The first-order chi connectivity index (χ1) is 17.9. The zero-order chi connectivity index (χ0) is 25.9. The Bertz CT molecular complexity index is 1670. The second-order valence-corrected chi connectivity index (χ2v) is 9.69. The molecule has 184 valence electrons. The average molecular weight is 491 g/mol. The van der Waals surface area contributed by atoms with Crippen molar-refractivity contribution in [3.8, 4) is 0 Å². The zero-order valence-corrected chi connectivity index (χ0v) is 20.8. The normalized spacial score (nSPS) is 18.1. The van der Waals surface area contributed by atoms with Crippen LogP contribution >= 0.6 is 0 Å². The molecule has 4 aromatic rings. The molecule has 0 N–H and O–H groups in total. The first-order valence-corrected chi connectivity index (χ1v) is 12.4. The highest BCUT2D eigenvalue weighted by Gasteiger charge is 2.64. The lowest BCUT2D eigenvalue weighted by molar-refractivity contribution is -0.125. The van der Waals surface area contributed by atoms with E-state index in [1.54, 1.807) is 28.0 Å². The minimum Gasteiger partial charge on any atom is -0.450 e. The smallest absolute Gasteiger partial charge is 0.291 e. The van der Waals surface area contributed by atoms with Crippen LogP contribution in [0.25, 0.3) is 11.0 Å². The lowest BCUT2D eigenvalue weighted by atomic mass is 9.83. The van der Waals surface area contributed by atoms with E-state index in [9.17, 15) is 14.4 Å². The van der Waals surface area contributed by atoms with Gasteiger partial charge in [-0.3, -0.25) is 14.4 Å². The van der Waals surface area contributed by atoms with E-state index in [0.717, 1.165) is 16.7 Å².